The fourth-order valence-corrected chi connectivity index (χ4v) is 3.02. The van der Waals surface area contributed by atoms with Crippen LogP contribution in [-0.2, 0) is 6.54 Å². The van der Waals surface area contributed by atoms with Gasteiger partial charge < -0.3 is 9.67 Å². The molecule has 1 atom stereocenters. The molecule has 0 radical (unpaired) electrons. The van der Waals surface area contributed by atoms with Gasteiger partial charge in [0.05, 0.1) is 16.6 Å². The molecule has 3 rings (SSSR count). The summed E-state index contributed by atoms with van der Waals surface area (Å²) in [5.74, 6) is 1.99. The lowest BCUT2D eigenvalue weighted by molar-refractivity contribution is 0.0697. The summed E-state index contributed by atoms with van der Waals surface area (Å²) in [7, 11) is 0. The third-order valence-corrected chi connectivity index (χ3v) is 4.44. The summed E-state index contributed by atoms with van der Waals surface area (Å²) in [6.45, 7) is 7.55. The minimum atomic E-state index is -0.899. The van der Waals surface area contributed by atoms with E-state index in [0.29, 0.717) is 17.4 Å². The van der Waals surface area contributed by atoms with Crippen molar-refractivity contribution >= 4 is 17.0 Å². The van der Waals surface area contributed by atoms with Gasteiger partial charge in [0, 0.05) is 12.5 Å². The number of nitrogens with zero attached hydrogens (tertiary/aromatic N) is 2. The van der Waals surface area contributed by atoms with Gasteiger partial charge in [0.25, 0.3) is 0 Å². The number of benzene rings is 1. The van der Waals surface area contributed by atoms with E-state index in [1.807, 2.05) is 6.07 Å². The standard InChI is InChI=1S/C17H22N2O2/c1-10(2)16-18-14-8-13(17(20)21)6-7-15(14)19(16)9-11(3)12-4-5-12/h6-8,10-12H,4-5,9H2,1-3H3,(H,20,21). The molecule has 0 amide bonds. The van der Waals surface area contributed by atoms with E-state index in [1.54, 1.807) is 12.1 Å². The Kier molecular flexibility index (Phi) is 3.47. The number of imidazole rings is 1. The molecule has 1 N–H and O–H groups in total. The van der Waals surface area contributed by atoms with Crippen LogP contribution in [0.1, 0.15) is 55.7 Å². The molecule has 1 aromatic carbocycles. The quantitative estimate of drug-likeness (QED) is 0.906. The first kappa shape index (κ1) is 14.1. The maximum Gasteiger partial charge on any atom is 0.335 e. The van der Waals surface area contributed by atoms with Crippen LogP contribution in [-0.4, -0.2) is 20.6 Å². The number of carbonyl (C=O) groups is 1. The molecule has 1 aliphatic rings. The predicted molar refractivity (Wildman–Crippen MR) is 82.7 cm³/mol. The average molecular weight is 286 g/mol. The normalized spacial score (nSPS) is 16.6. The first-order valence-corrected chi connectivity index (χ1v) is 7.71. The van der Waals surface area contributed by atoms with Gasteiger partial charge in [-0.2, -0.15) is 0 Å². The van der Waals surface area contributed by atoms with Crippen molar-refractivity contribution in [3.05, 3.63) is 29.6 Å². The van der Waals surface area contributed by atoms with E-state index in [-0.39, 0.29) is 0 Å². The maximum atomic E-state index is 11.1. The van der Waals surface area contributed by atoms with Crippen LogP contribution in [0.5, 0.6) is 0 Å². The minimum Gasteiger partial charge on any atom is -0.478 e. The lowest BCUT2D eigenvalue weighted by atomic mass is 10.1. The number of aromatic nitrogens is 2. The summed E-state index contributed by atoms with van der Waals surface area (Å²) >= 11 is 0. The third-order valence-electron chi connectivity index (χ3n) is 4.44. The highest BCUT2D eigenvalue weighted by Crippen LogP contribution is 2.38. The second-order valence-electron chi connectivity index (χ2n) is 6.56. The molecule has 0 aliphatic heterocycles. The van der Waals surface area contributed by atoms with Crippen LogP contribution in [0.15, 0.2) is 18.2 Å². The van der Waals surface area contributed by atoms with E-state index in [0.717, 1.165) is 29.3 Å². The van der Waals surface area contributed by atoms with Gasteiger partial charge in [-0.15, -0.1) is 0 Å². The number of rotatable bonds is 5. The van der Waals surface area contributed by atoms with Crippen LogP contribution in [0.25, 0.3) is 11.0 Å². The van der Waals surface area contributed by atoms with Crippen LogP contribution in [0.4, 0.5) is 0 Å². The van der Waals surface area contributed by atoms with E-state index in [9.17, 15) is 4.79 Å². The molecule has 0 bridgehead atoms. The van der Waals surface area contributed by atoms with Gasteiger partial charge in [-0.3, -0.25) is 0 Å². The lowest BCUT2D eigenvalue weighted by Crippen LogP contribution is -2.13. The fraction of sp³-hybridized carbons (Fsp3) is 0.529. The zero-order valence-corrected chi connectivity index (χ0v) is 12.8. The Hall–Kier alpha value is -1.84. The Morgan fingerprint density at radius 3 is 2.67 bits per heavy atom. The van der Waals surface area contributed by atoms with Crippen molar-refractivity contribution in [1.29, 1.82) is 0 Å². The van der Waals surface area contributed by atoms with Crippen molar-refractivity contribution in [1.82, 2.24) is 9.55 Å². The molecule has 0 saturated heterocycles. The molecule has 4 nitrogen and oxygen atoms in total. The number of hydrogen-bond donors (Lipinski definition) is 1. The number of aromatic carboxylic acids is 1. The Labute approximate surface area is 124 Å². The van der Waals surface area contributed by atoms with E-state index in [2.05, 4.69) is 30.3 Å². The van der Waals surface area contributed by atoms with E-state index < -0.39 is 5.97 Å². The summed E-state index contributed by atoms with van der Waals surface area (Å²) in [5, 5.41) is 9.12. The predicted octanol–water partition coefficient (Wildman–Crippen LogP) is 3.90. The number of fused-ring (bicyclic) bond motifs is 1. The van der Waals surface area contributed by atoms with Gasteiger partial charge in [-0.1, -0.05) is 20.8 Å². The maximum absolute atomic E-state index is 11.1. The zero-order chi connectivity index (χ0) is 15.1. The number of hydrogen-bond acceptors (Lipinski definition) is 2. The Balaban J connectivity index is 2.06. The first-order valence-electron chi connectivity index (χ1n) is 7.71. The molecule has 1 heterocycles. The molecule has 1 unspecified atom stereocenters. The molecule has 1 fully saturated rings. The Morgan fingerprint density at radius 1 is 1.38 bits per heavy atom. The van der Waals surface area contributed by atoms with Crippen molar-refractivity contribution in [2.45, 2.75) is 46.1 Å². The molecule has 1 aliphatic carbocycles. The molecule has 2 aromatic rings. The van der Waals surface area contributed by atoms with Crippen molar-refractivity contribution in [3.63, 3.8) is 0 Å². The van der Waals surface area contributed by atoms with Gasteiger partial charge in [0.1, 0.15) is 5.82 Å². The molecule has 1 aromatic heterocycles. The SMILES string of the molecule is CC(C)c1nc2cc(C(=O)O)ccc2n1CC(C)C1CC1. The summed E-state index contributed by atoms with van der Waals surface area (Å²) in [5.41, 5.74) is 2.15. The number of carboxylic acids is 1. The largest absolute Gasteiger partial charge is 0.478 e. The van der Waals surface area contributed by atoms with Crippen molar-refractivity contribution < 1.29 is 9.90 Å². The summed E-state index contributed by atoms with van der Waals surface area (Å²) in [6, 6.07) is 5.26. The Bertz CT molecular complexity index is 683. The summed E-state index contributed by atoms with van der Waals surface area (Å²) < 4.78 is 2.29. The third kappa shape index (κ3) is 2.67. The molecular formula is C17H22N2O2. The zero-order valence-electron chi connectivity index (χ0n) is 12.8. The Morgan fingerprint density at radius 2 is 2.10 bits per heavy atom. The highest BCUT2D eigenvalue weighted by atomic mass is 16.4. The van der Waals surface area contributed by atoms with Crippen LogP contribution in [0, 0.1) is 11.8 Å². The highest BCUT2D eigenvalue weighted by molar-refractivity contribution is 5.92. The van der Waals surface area contributed by atoms with Gasteiger partial charge in [0.2, 0.25) is 0 Å². The molecule has 1 saturated carbocycles. The van der Waals surface area contributed by atoms with Crippen LogP contribution in [0.3, 0.4) is 0 Å². The van der Waals surface area contributed by atoms with Gasteiger partial charge in [-0.05, 0) is 42.9 Å². The van der Waals surface area contributed by atoms with Crippen LogP contribution in [0.2, 0.25) is 0 Å². The first-order chi connectivity index (χ1) is 9.97. The van der Waals surface area contributed by atoms with Gasteiger partial charge in [-0.25, -0.2) is 9.78 Å². The van der Waals surface area contributed by atoms with Gasteiger partial charge >= 0.3 is 5.97 Å². The molecular weight excluding hydrogens is 264 g/mol. The van der Waals surface area contributed by atoms with Gasteiger partial charge in [0.15, 0.2) is 0 Å². The van der Waals surface area contributed by atoms with Crippen molar-refractivity contribution in [2.24, 2.45) is 11.8 Å². The van der Waals surface area contributed by atoms with E-state index >= 15 is 0 Å². The van der Waals surface area contributed by atoms with Crippen LogP contribution < -0.4 is 0 Å². The molecule has 4 heteroatoms. The molecule has 112 valence electrons. The van der Waals surface area contributed by atoms with E-state index in [1.165, 1.54) is 12.8 Å². The number of carboxylic acid groups (broad SMARTS) is 1. The topological polar surface area (TPSA) is 55.1 Å². The fourth-order valence-electron chi connectivity index (χ4n) is 3.02. The molecule has 0 spiro atoms. The summed E-state index contributed by atoms with van der Waals surface area (Å²) in [6.07, 6.45) is 2.68. The minimum absolute atomic E-state index is 0.303. The van der Waals surface area contributed by atoms with Crippen molar-refractivity contribution in [2.75, 3.05) is 0 Å². The second-order valence-corrected chi connectivity index (χ2v) is 6.56. The summed E-state index contributed by atoms with van der Waals surface area (Å²) in [4.78, 5) is 15.8. The lowest BCUT2D eigenvalue weighted by Gasteiger charge is -2.16. The van der Waals surface area contributed by atoms with E-state index in [4.69, 9.17) is 5.11 Å². The van der Waals surface area contributed by atoms with Crippen LogP contribution >= 0.6 is 0 Å². The molecule has 21 heavy (non-hydrogen) atoms. The monoisotopic (exact) mass is 286 g/mol. The average Bonchev–Trinajstić information content (AvgIpc) is 3.22. The second kappa shape index (κ2) is 5.17. The highest BCUT2D eigenvalue weighted by Gasteiger charge is 2.29. The van der Waals surface area contributed by atoms with Crippen molar-refractivity contribution in [3.8, 4) is 0 Å². The smallest absolute Gasteiger partial charge is 0.335 e.